The van der Waals surface area contributed by atoms with Gasteiger partial charge in [-0.15, -0.1) is 11.3 Å². The second-order valence-corrected chi connectivity index (χ2v) is 6.53. The highest BCUT2D eigenvalue weighted by Gasteiger charge is 2.09. The number of rotatable bonds is 6. The first-order valence-corrected chi connectivity index (χ1v) is 8.26. The van der Waals surface area contributed by atoms with Gasteiger partial charge in [-0.05, 0) is 24.6 Å². The number of aromatic nitrogens is 2. The number of hydrogen-bond donors (Lipinski definition) is 1. The summed E-state index contributed by atoms with van der Waals surface area (Å²) in [6.07, 6.45) is 2.58. The van der Waals surface area contributed by atoms with Crippen LogP contribution in [0.1, 0.15) is 21.8 Å². The van der Waals surface area contributed by atoms with Crippen LogP contribution in [-0.2, 0) is 11.2 Å². The summed E-state index contributed by atoms with van der Waals surface area (Å²) >= 11 is 1.45. The minimum absolute atomic E-state index is 0.140. The van der Waals surface area contributed by atoms with Crippen molar-refractivity contribution in [2.75, 3.05) is 11.9 Å². The van der Waals surface area contributed by atoms with Gasteiger partial charge in [0, 0.05) is 23.6 Å². The van der Waals surface area contributed by atoms with Crippen LogP contribution >= 0.6 is 11.3 Å². The minimum atomic E-state index is -0.285. The summed E-state index contributed by atoms with van der Waals surface area (Å²) in [5, 5.41) is 6.94. The monoisotopic (exact) mass is 343 g/mol. The highest BCUT2D eigenvalue weighted by Crippen LogP contribution is 2.21. The van der Waals surface area contributed by atoms with Crippen LogP contribution in [0.2, 0.25) is 0 Å². The van der Waals surface area contributed by atoms with E-state index in [2.05, 4.69) is 40.6 Å². The summed E-state index contributed by atoms with van der Waals surface area (Å²) in [5.74, 6) is 0.639. The Bertz CT molecular complexity index is 841. The predicted molar refractivity (Wildman–Crippen MR) is 91.5 cm³/mol. The van der Waals surface area contributed by atoms with E-state index in [0.29, 0.717) is 16.8 Å². The van der Waals surface area contributed by atoms with E-state index in [1.165, 1.54) is 22.5 Å². The molecule has 0 saturated heterocycles. The lowest BCUT2D eigenvalue weighted by Gasteiger charge is -2.02. The van der Waals surface area contributed by atoms with Crippen molar-refractivity contribution in [1.29, 1.82) is 0 Å². The van der Waals surface area contributed by atoms with Crippen LogP contribution in [0, 0.1) is 13.8 Å². The molecule has 0 unspecified atom stereocenters. The van der Waals surface area contributed by atoms with Gasteiger partial charge < -0.3 is 9.26 Å². The van der Waals surface area contributed by atoms with Gasteiger partial charge in [-0.3, -0.25) is 10.1 Å². The Morgan fingerprint density at radius 1 is 1.33 bits per heavy atom. The fraction of sp³-hybridized carbons (Fsp3) is 0.235. The van der Waals surface area contributed by atoms with Crippen LogP contribution in [-0.4, -0.2) is 22.7 Å². The fourth-order valence-corrected chi connectivity index (χ4v) is 3.04. The second kappa shape index (κ2) is 7.27. The Hall–Kier alpha value is -2.67. The van der Waals surface area contributed by atoms with Crippen molar-refractivity contribution < 1.29 is 14.1 Å². The maximum Gasteiger partial charge on any atom is 0.264 e. The van der Waals surface area contributed by atoms with Gasteiger partial charge >= 0.3 is 0 Å². The summed E-state index contributed by atoms with van der Waals surface area (Å²) in [6, 6.07) is 9.95. The molecule has 0 spiro atoms. The van der Waals surface area contributed by atoms with Crippen LogP contribution in [0.25, 0.3) is 0 Å². The normalized spacial score (nSPS) is 10.6. The Morgan fingerprint density at radius 3 is 2.96 bits per heavy atom. The molecule has 0 saturated carbocycles. The average Bonchev–Trinajstić information content (AvgIpc) is 3.14. The standard InChI is InChI=1S/C17H17N3O3S/c1-11-4-3-5-13(6-11)8-14-9-18-17(24-14)19-15(21)10-22-16-7-12(2)23-20-16/h3-7,9H,8,10H2,1-2H3,(H,18,19,21). The van der Waals surface area contributed by atoms with Crippen molar-refractivity contribution in [3.8, 4) is 5.88 Å². The smallest absolute Gasteiger partial charge is 0.264 e. The lowest BCUT2D eigenvalue weighted by atomic mass is 10.1. The second-order valence-electron chi connectivity index (χ2n) is 5.41. The average molecular weight is 343 g/mol. The topological polar surface area (TPSA) is 77.2 Å². The fourth-order valence-electron chi connectivity index (χ4n) is 2.18. The molecule has 1 amide bonds. The Balaban J connectivity index is 1.52. The number of thiazole rings is 1. The van der Waals surface area contributed by atoms with Gasteiger partial charge in [-0.25, -0.2) is 4.98 Å². The van der Waals surface area contributed by atoms with E-state index < -0.39 is 0 Å². The van der Waals surface area contributed by atoms with E-state index in [-0.39, 0.29) is 12.5 Å². The Morgan fingerprint density at radius 2 is 2.21 bits per heavy atom. The van der Waals surface area contributed by atoms with Gasteiger partial charge in [-0.1, -0.05) is 29.8 Å². The number of carbonyl (C=O) groups excluding carboxylic acids is 1. The van der Waals surface area contributed by atoms with Crippen molar-refractivity contribution >= 4 is 22.4 Å². The molecule has 24 heavy (non-hydrogen) atoms. The maximum atomic E-state index is 11.9. The molecule has 0 aliphatic rings. The third-order valence-corrected chi connectivity index (χ3v) is 4.13. The van der Waals surface area contributed by atoms with Crippen LogP contribution in [0.15, 0.2) is 41.1 Å². The highest BCUT2D eigenvalue weighted by molar-refractivity contribution is 7.15. The number of nitrogens with one attached hydrogen (secondary N) is 1. The lowest BCUT2D eigenvalue weighted by Crippen LogP contribution is -2.20. The van der Waals surface area contributed by atoms with Crippen molar-refractivity contribution in [1.82, 2.24) is 10.1 Å². The molecule has 2 aromatic heterocycles. The molecule has 7 heteroatoms. The molecule has 2 heterocycles. The largest absolute Gasteiger partial charge is 0.465 e. The lowest BCUT2D eigenvalue weighted by molar-refractivity contribution is -0.118. The van der Waals surface area contributed by atoms with Crippen LogP contribution in [0.3, 0.4) is 0 Å². The van der Waals surface area contributed by atoms with Crippen LogP contribution in [0.4, 0.5) is 5.13 Å². The van der Waals surface area contributed by atoms with E-state index in [0.717, 1.165) is 11.3 Å². The molecule has 0 fully saturated rings. The first-order chi connectivity index (χ1) is 11.6. The number of benzene rings is 1. The van der Waals surface area contributed by atoms with Gasteiger partial charge in [0.1, 0.15) is 5.76 Å². The number of ether oxygens (including phenoxy) is 1. The summed E-state index contributed by atoms with van der Waals surface area (Å²) in [5.41, 5.74) is 2.45. The van der Waals surface area contributed by atoms with E-state index in [1.807, 2.05) is 6.07 Å². The van der Waals surface area contributed by atoms with Gasteiger partial charge in [0.2, 0.25) is 0 Å². The van der Waals surface area contributed by atoms with Crippen LogP contribution in [0.5, 0.6) is 5.88 Å². The van der Waals surface area contributed by atoms with Crippen molar-refractivity contribution in [3.05, 3.63) is 58.3 Å². The summed E-state index contributed by atoms with van der Waals surface area (Å²) in [4.78, 5) is 17.2. The SMILES string of the molecule is Cc1cccc(Cc2cnc(NC(=O)COc3cc(C)on3)s2)c1. The summed E-state index contributed by atoms with van der Waals surface area (Å²) < 4.78 is 10.1. The minimum Gasteiger partial charge on any atom is -0.465 e. The van der Waals surface area contributed by atoms with E-state index >= 15 is 0 Å². The number of amides is 1. The van der Waals surface area contributed by atoms with Gasteiger partial charge in [0.05, 0.1) is 0 Å². The zero-order valence-corrected chi connectivity index (χ0v) is 14.2. The predicted octanol–water partition coefficient (Wildman–Crippen LogP) is 3.36. The molecular weight excluding hydrogens is 326 g/mol. The first-order valence-electron chi connectivity index (χ1n) is 7.45. The molecule has 0 aliphatic carbocycles. The number of aryl methyl sites for hydroxylation is 2. The molecule has 3 rings (SSSR count). The third kappa shape index (κ3) is 4.42. The highest BCUT2D eigenvalue weighted by atomic mass is 32.1. The van der Waals surface area contributed by atoms with Gasteiger partial charge in [0.25, 0.3) is 11.8 Å². The number of anilines is 1. The van der Waals surface area contributed by atoms with Crippen molar-refractivity contribution in [3.63, 3.8) is 0 Å². The summed E-state index contributed by atoms with van der Waals surface area (Å²) in [6.45, 7) is 3.68. The molecule has 0 radical (unpaired) electrons. The quantitative estimate of drug-likeness (QED) is 0.742. The Labute approximate surface area is 143 Å². The third-order valence-electron chi connectivity index (χ3n) is 3.22. The first kappa shape index (κ1) is 16.2. The molecule has 1 N–H and O–H groups in total. The van der Waals surface area contributed by atoms with Gasteiger partial charge in [0.15, 0.2) is 11.7 Å². The number of nitrogens with zero attached hydrogens (tertiary/aromatic N) is 2. The molecular formula is C17H17N3O3S. The maximum absolute atomic E-state index is 11.9. The summed E-state index contributed by atoms with van der Waals surface area (Å²) in [7, 11) is 0. The molecule has 0 atom stereocenters. The zero-order valence-electron chi connectivity index (χ0n) is 13.4. The molecule has 1 aromatic carbocycles. The van der Waals surface area contributed by atoms with Crippen molar-refractivity contribution in [2.24, 2.45) is 0 Å². The Kier molecular flexibility index (Phi) is 4.90. The van der Waals surface area contributed by atoms with E-state index in [1.54, 1.807) is 19.2 Å². The number of hydrogen-bond acceptors (Lipinski definition) is 6. The molecule has 124 valence electrons. The molecule has 0 aliphatic heterocycles. The molecule has 6 nitrogen and oxygen atoms in total. The number of carbonyl (C=O) groups is 1. The van der Waals surface area contributed by atoms with Gasteiger partial charge in [-0.2, -0.15) is 0 Å². The van der Waals surface area contributed by atoms with E-state index in [9.17, 15) is 4.79 Å². The van der Waals surface area contributed by atoms with E-state index in [4.69, 9.17) is 9.26 Å². The van der Waals surface area contributed by atoms with Crippen molar-refractivity contribution in [2.45, 2.75) is 20.3 Å². The molecule has 3 aromatic rings. The zero-order chi connectivity index (χ0) is 16.9. The van der Waals surface area contributed by atoms with Crippen LogP contribution < -0.4 is 10.1 Å². The molecule has 0 bridgehead atoms.